The van der Waals surface area contributed by atoms with Crippen LogP contribution in [0.25, 0.3) is 0 Å². The second-order valence-corrected chi connectivity index (χ2v) is 8.42. The lowest BCUT2D eigenvalue weighted by molar-refractivity contribution is -0.00749. The minimum absolute atomic E-state index is 0.0531. The first kappa shape index (κ1) is 26.4. The van der Waals surface area contributed by atoms with Gasteiger partial charge in [0.2, 0.25) is 17.7 Å². The van der Waals surface area contributed by atoms with Crippen LogP contribution in [0, 0.1) is 0 Å². The third-order valence-electron chi connectivity index (χ3n) is 3.99. The first-order chi connectivity index (χ1) is 15.6. The molecule has 2 aromatic heterocycles. The van der Waals surface area contributed by atoms with Crippen LogP contribution in [0.2, 0.25) is 5.02 Å². The number of halogens is 2. The molecule has 2 rings (SSSR count). The first-order valence-corrected chi connectivity index (χ1v) is 11.3. The van der Waals surface area contributed by atoms with Crippen LogP contribution in [0.3, 0.4) is 0 Å². The Morgan fingerprint density at radius 2 is 1.91 bits per heavy atom. The molecule has 2 unspecified atom stereocenters. The summed E-state index contributed by atoms with van der Waals surface area (Å²) >= 11 is 6.08. The van der Waals surface area contributed by atoms with Crippen molar-refractivity contribution in [2.24, 2.45) is 0 Å². The maximum absolute atomic E-state index is 14.3. The lowest BCUT2D eigenvalue weighted by atomic mass is 10.1. The number of pyridine rings is 1. The van der Waals surface area contributed by atoms with Gasteiger partial charge in [-0.2, -0.15) is 9.97 Å². The Labute approximate surface area is 194 Å². The molecule has 182 valence electrons. The van der Waals surface area contributed by atoms with Crippen LogP contribution in [0.15, 0.2) is 23.2 Å². The van der Waals surface area contributed by atoms with Gasteiger partial charge in [0.15, 0.2) is 0 Å². The van der Waals surface area contributed by atoms with Gasteiger partial charge in [-0.05, 0) is 19.4 Å². The standard InChI is InChI=1S/C18H23ClFN5O7S/c1-10(20)15(32-8-4-7-26)14-16(11(19)5-6-21-14)33(28,29)25-18(27)24-17-22-12(30-2)9-13(23-17)31-3/h5-6,9-10,15,26H,4,7-8H2,1-3H3,(H2,22,23,24,25,27). The summed E-state index contributed by atoms with van der Waals surface area (Å²) in [6.07, 6.45) is -1.74. The zero-order chi connectivity index (χ0) is 24.6. The predicted octanol–water partition coefficient (Wildman–Crippen LogP) is 1.85. The van der Waals surface area contributed by atoms with Gasteiger partial charge in [-0.1, -0.05) is 11.6 Å². The summed E-state index contributed by atoms with van der Waals surface area (Å²) in [6, 6.07) is 1.28. The monoisotopic (exact) mass is 507 g/mol. The molecule has 0 aliphatic carbocycles. The number of hydrogen-bond acceptors (Lipinski definition) is 10. The van der Waals surface area contributed by atoms with Gasteiger partial charge in [0.05, 0.1) is 31.0 Å². The van der Waals surface area contributed by atoms with E-state index in [-0.39, 0.29) is 48.1 Å². The third-order valence-corrected chi connectivity index (χ3v) is 5.84. The third kappa shape index (κ3) is 7.08. The number of ether oxygens (including phenoxy) is 3. The maximum Gasteiger partial charge on any atom is 0.335 e. The number of aliphatic hydroxyl groups is 1. The molecule has 0 aromatic carbocycles. The van der Waals surface area contributed by atoms with Crippen molar-refractivity contribution < 1.29 is 36.9 Å². The van der Waals surface area contributed by atoms with Crippen LogP contribution in [0.4, 0.5) is 15.1 Å². The lowest BCUT2D eigenvalue weighted by Gasteiger charge is -2.22. The molecule has 0 aliphatic rings. The second kappa shape index (κ2) is 11.9. The first-order valence-electron chi connectivity index (χ1n) is 9.44. The number of aromatic nitrogens is 3. The van der Waals surface area contributed by atoms with Crippen molar-refractivity contribution in [2.75, 3.05) is 32.8 Å². The molecule has 0 saturated carbocycles. The van der Waals surface area contributed by atoms with E-state index in [1.165, 1.54) is 32.5 Å². The van der Waals surface area contributed by atoms with E-state index < -0.39 is 33.2 Å². The van der Waals surface area contributed by atoms with E-state index in [1.54, 1.807) is 4.72 Å². The number of sulfonamides is 1. The Balaban J connectivity index is 2.33. The zero-order valence-corrected chi connectivity index (χ0v) is 19.5. The molecule has 0 saturated heterocycles. The Kier molecular flexibility index (Phi) is 9.52. The number of carbonyl (C=O) groups excluding carboxylic acids is 1. The summed E-state index contributed by atoms with van der Waals surface area (Å²) < 4.78 is 57.3. The van der Waals surface area contributed by atoms with Crippen molar-refractivity contribution in [3.8, 4) is 11.8 Å². The van der Waals surface area contributed by atoms with Crippen LogP contribution in [0.1, 0.15) is 25.1 Å². The number of alkyl halides is 1. The summed E-state index contributed by atoms with van der Waals surface area (Å²) in [4.78, 5) is 23.4. The summed E-state index contributed by atoms with van der Waals surface area (Å²) in [5.41, 5.74) is -0.338. The number of nitrogens with one attached hydrogen (secondary N) is 2. The summed E-state index contributed by atoms with van der Waals surface area (Å²) in [6.45, 7) is 0.878. The molecule has 2 atom stereocenters. The molecule has 0 aliphatic heterocycles. The lowest BCUT2D eigenvalue weighted by Crippen LogP contribution is -2.36. The van der Waals surface area contributed by atoms with Crippen LogP contribution >= 0.6 is 11.6 Å². The number of hydrogen-bond donors (Lipinski definition) is 3. The van der Waals surface area contributed by atoms with Crippen molar-refractivity contribution in [3.63, 3.8) is 0 Å². The van der Waals surface area contributed by atoms with Crippen molar-refractivity contribution in [3.05, 3.63) is 29.0 Å². The van der Waals surface area contributed by atoms with Crippen LogP contribution in [0.5, 0.6) is 11.8 Å². The minimum atomic E-state index is -4.65. The minimum Gasteiger partial charge on any atom is -0.481 e. The van der Waals surface area contributed by atoms with E-state index in [4.69, 9.17) is 30.9 Å². The molecule has 2 amide bonds. The van der Waals surface area contributed by atoms with Crippen LogP contribution in [-0.2, 0) is 14.8 Å². The summed E-state index contributed by atoms with van der Waals surface area (Å²) in [5.74, 6) is -0.200. The predicted molar refractivity (Wildman–Crippen MR) is 115 cm³/mol. The molecule has 3 N–H and O–H groups in total. The van der Waals surface area contributed by atoms with Gasteiger partial charge in [-0.15, -0.1) is 0 Å². The van der Waals surface area contributed by atoms with E-state index in [1.807, 2.05) is 0 Å². The average Bonchev–Trinajstić information content (AvgIpc) is 2.75. The van der Waals surface area contributed by atoms with Gasteiger partial charge in [0.25, 0.3) is 10.0 Å². The van der Waals surface area contributed by atoms with Gasteiger partial charge < -0.3 is 19.3 Å². The largest absolute Gasteiger partial charge is 0.481 e. The van der Waals surface area contributed by atoms with Crippen molar-refractivity contribution in [2.45, 2.75) is 30.5 Å². The highest BCUT2D eigenvalue weighted by Gasteiger charge is 2.33. The van der Waals surface area contributed by atoms with E-state index in [2.05, 4.69) is 20.3 Å². The van der Waals surface area contributed by atoms with E-state index >= 15 is 0 Å². The molecule has 15 heteroatoms. The SMILES string of the molecule is COc1cc(OC)nc(NC(=O)NS(=O)(=O)c2c(Cl)ccnc2C(OCCCO)C(C)F)n1. The second-order valence-electron chi connectivity index (χ2n) is 6.39. The van der Waals surface area contributed by atoms with E-state index in [0.717, 1.165) is 6.92 Å². The molecule has 0 fully saturated rings. The normalized spacial score (nSPS) is 13.2. The molecule has 12 nitrogen and oxygen atoms in total. The molecule has 2 heterocycles. The van der Waals surface area contributed by atoms with Crippen LogP contribution < -0.4 is 19.5 Å². The molecular formula is C18H23ClFN5O7S. The fourth-order valence-corrected chi connectivity index (χ4v) is 4.21. The average molecular weight is 508 g/mol. The molecule has 0 radical (unpaired) electrons. The van der Waals surface area contributed by atoms with Crippen molar-refractivity contribution >= 4 is 33.6 Å². The highest BCUT2D eigenvalue weighted by molar-refractivity contribution is 7.90. The highest BCUT2D eigenvalue weighted by Crippen LogP contribution is 2.32. The summed E-state index contributed by atoms with van der Waals surface area (Å²) in [7, 11) is -2.00. The van der Waals surface area contributed by atoms with Crippen LogP contribution in [-0.4, -0.2) is 68.1 Å². The van der Waals surface area contributed by atoms with Gasteiger partial charge >= 0.3 is 6.03 Å². The Hall–Kier alpha value is -2.81. The smallest absolute Gasteiger partial charge is 0.335 e. The van der Waals surface area contributed by atoms with Crippen molar-refractivity contribution in [1.29, 1.82) is 0 Å². The highest BCUT2D eigenvalue weighted by atomic mass is 35.5. The topological polar surface area (TPSA) is 162 Å². The number of nitrogens with zero attached hydrogens (tertiary/aromatic N) is 3. The van der Waals surface area contributed by atoms with Gasteiger partial charge in [0, 0.05) is 19.4 Å². The van der Waals surface area contributed by atoms with E-state index in [0.29, 0.717) is 0 Å². The Morgan fingerprint density at radius 1 is 1.27 bits per heavy atom. The van der Waals surface area contributed by atoms with Crippen molar-refractivity contribution in [1.82, 2.24) is 19.7 Å². The number of carbonyl (C=O) groups is 1. The molecule has 0 spiro atoms. The fraction of sp³-hybridized carbons (Fsp3) is 0.444. The van der Waals surface area contributed by atoms with E-state index in [9.17, 15) is 17.6 Å². The quantitative estimate of drug-likeness (QED) is 0.382. The number of anilines is 1. The van der Waals surface area contributed by atoms with Gasteiger partial charge in [-0.3, -0.25) is 10.3 Å². The number of urea groups is 1. The molecule has 2 aromatic rings. The Bertz CT molecular complexity index is 1050. The fourth-order valence-electron chi connectivity index (χ4n) is 2.58. The number of amides is 2. The molecular weight excluding hydrogens is 485 g/mol. The number of rotatable bonds is 11. The maximum atomic E-state index is 14.3. The molecule has 0 bridgehead atoms. The molecule has 33 heavy (non-hydrogen) atoms. The zero-order valence-electron chi connectivity index (χ0n) is 17.9. The van der Waals surface area contributed by atoms with Gasteiger partial charge in [-0.25, -0.2) is 22.3 Å². The van der Waals surface area contributed by atoms with Gasteiger partial charge in [0.1, 0.15) is 17.2 Å². The summed E-state index contributed by atoms with van der Waals surface area (Å²) in [5, 5.41) is 10.7. The number of aliphatic hydroxyl groups excluding tert-OH is 1. The number of methoxy groups -OCH3 is 2. The Morgan fingerprint density at radius 3 is 2.45 bits per heavy atom.